The molecule has 8 heteroatoms. The summed E-state index contributed by atoms with van der Waals surface area (Å²) in [5.41, 5.74) is 10.6. The molecule has 1 fully saturated rings. The van der Waals surface area contributed by atoms with Crippen LogP contribution in [0.1, 0.15) is 30.1 Å². The third kappa shape index (κ3) is 3.42. The lowest BCUT2D eigenvalue weighted by Crippen LogP contribution is -2.17. The minimum absolute atomic E-state index is 0. The fraction of sp³-hybridized carbons (Fsp3) is 0.333. The zero-order chi connectivity index (χ0) is 17.2. The number of nitrogen functional groups attached to an aromatic ring is 1. The van der Waals surface area contributed by atoms with Crippen LogP contribution in [-0.2, 0) is 4.74 Å². The highest BCUT2D eigenvalue weighted by Gasteiger charge is 2.26. The van der Waals surface area contributed by atoms with Gasteiger partial charge in [-0.15, -0.1) is 0 Å². The first kappa shape index (κ1) is 18.0. The van der Waals surface area contributed by atoms with E-state index in [-0.39, 0.29) is 12.1 Å². The number of nitrogens with zero attached hydrogens (tertiary/aromatic N) is 4. The lowest BCUT2D eigenvalue weighted by Gasteiger charge is -2.24. The summed E-state index contributed by atoms with van der Waals surface area (Å²) < 4.78 is 5.51. The van der Waals surface area contributed by atoms with E-state index < -0.39 is 0 Å². The SMILES string of the molecule is Cc1cc(-c2c(N)nc(-c3ccccn3)nc2C2CCOCC2)n[nH]1.N. The topological polar surface area (TPSA) is 138 Å². The molecule has 4 heterocycles. The van der Waals surface area contributed by atoms with Gasteiger partial charge < -0.3 is 16.6 Å². The third-order valence-corrected chi connectivity index (χ3v) is 4.43. The quantitative estimate of drug-likeness (QED) is 0.658. The van der Waals surface area contributed by atoms with E-state index in [1.165, 1.54) is 0 Å². The maximum atomic E-state index is 6.34. The van der Waals surface area contributed by atoms with Gasteiger partial charge in [-0.05, 0) is 38.0 Å². The number of rotatable bonds is 3. The van der Waals surface area contributed by atoms with Crippen LogP contribution in [-0.4, -0.2) is 38.4 Å². The molecule has 0 amide bonds. The van der Waals surface area contributed by atoms with E-state index in [2.05, 4.69) is 20.2 Å². The van der Waals surface area contributed by atoms with Crippen LogP contribution < -0.4 is 11.9 Å². The summed E-state index contributed by atoms with van der Waals surface area (Å²) >= 11 is 0. The smallest absolute Gasteiger partial charge is 0.180 e. The molecular formula is C18H23N7O. The van der Waals surface area contributed by atoms with Crippen LogP contribution in [0.15, 0.2) is 30.5 Å². The summed E-state index contributed by atoms with van der Waals surface area (Å²) in [5.74, 6) is 1.26. The van der Waals surface area contributed by atoms with E-state index in [0.717, 1.165) is 48.7 Å². The van der Waals surface area contributed by atoms with E-state index in [4.69, 9.17) is 15.5 Å². The number of aromatic amines is 1. The summed E-state index contributed by atoms with van der Waals surface area (Å²) in [4.78, 5) is 13.7. The Balaban J connectivity index is 0.00000196. The Morgan fingerprint density at radius 2 is 1.96 bits per heavy atom. The van der Waals surface area contributed by atoms with E-state index in [1.54, 1.807) is 6.20 Å². The van der Waals surface area contributed by atoms with Gasteiger partial charge in [0.25, 0.3) is 0 Å². The number of hydrogen-bond acceptors (Lipinski definition) is 7. The van der Waals surface area contributed by atoms with Crippen LogP contribution in [0.2, 0.25) is 0 Å². The van der Waals surface area contributed by atoms with Crippen molar-refractivity contribution >= 4 is 5.82 Å². The maximum absolute atomic E-state index is 6.34. The number of aromatic nitrogens is 5. The summed E-state index contributed by atoms with van der Waals surface area (Å²) in [6.07, 6.45) is 3.55. The van der Waals surface area contributed by atoms with Crippen LogP contribution in [0.25, 0.3) is 22.8 Å². The molecule has 3 aromatic rings. The third-order valence-electron chi connectivity index (χ3n) is 4.43. The predicted molar refractivity (Wildman–Crippen MR) is 99.8 cm³/mol. The molecule has 1 aliphatic heterocycles. The van der Waals surface area contributed by atoms with Crippen molar-refractivity contribution < 1.29 is 4.74 Å². The van der Waals surface area contributed by atoms with Crippen LogP contribution in [0.5, 0.6) is 0 Å². The van der Waals surface area contributed by atoms with E-state index in [0.29, 0.717) is 17.3 Å². The first-order chi connectivity index (χ1) is 12.2. The highest BCUT2D eigenvalue weighted by atomic mass is 16.5. The Bertz CT molecular complexity index is 873. The van der Waals surface area contributed by atoms with E-state index >= 15 is 0 Å². The molecule has 0 atom stereocenters. The molecule has 0 saturated carbocycles. The van der Waals surface area contributed by atoms with Crippen LogP contribution in [0, 0.1) is 6.92 Å². The van der Waals surface area contributed by atoms with Crippen molar-refractivity contribution in [2.75, 3.05) is 18.9 Å². The zero-order valence-electron chi connectivity index (χ0n) is 14.8. The minimum Gasteiger partial charge on any atom is -0.383 e. The average molecular weight is 353 g/mol. The van der Waals surface area contributed by atoms with Crippen molar-refractivity contribution in [2.45, 2.75) is 25.7 Å². The first-order valence-corrected chi connectivity index (χ1v) is 8.41. The summed E-state index contributed by atoms with van der Waals surface area (Å²) in [7, 11) is 0. The number of nitrogens with two attached hydrogens (primary N) is 1. The van der Waals surface area contributed by atoms with Crippen molar-refractivity contribution in [2.24, 2.45) is 0 Å². The Kier molecular flexibility index (Phi) is 5.24. The minimum atomic E-state index is 0. The Morgan fingerprint density at radius 3 is 2.62 bits per heavy atom. The van der Waals surface area contributed by atoms with Crippen molar-refractivity contribution in [3.8, 4) is 22.8 Å². The van der Waals surface area contributed by atoms with Gasteiger partial charge in [-0.3, -0.25) is 10.1 Å². The highest BCUT2D eigenvalue weighted by molar-refractivity contribution is 5.75. The predicted octanol–water partition coefficient (Wildman–Crippen LogP) is 2.88. The van der Waals surface area contributed by atoms with Gasteiger partial charge in [0.1, 0.15) is 11.5 Å². The molecule has 0 aromatic carbocycles. The van der Waals surface area contributed by atoms with E-state index in [1.807, 2.05) is 31.2 Å². The van der Waals surface area contributed by atoms with Crippen LogP contribution >= 0.6 is 0 Å². The van der Waals surface area contributed by atoms with Crippen molar-refractivity contribution in [3.05, 3.63) is 41.9 Å². The number of aryl methyl sites for hydroxylation is 1. The molecule has 0 radical (unpaired) electrons. The summed E-state index contributed by atoms with van der Waals surface area (Å²) in [5, 5.41) is 7.35. The second-order valence-corrected chi connectivity index (χ2v) is 6.23. The number of ether oxygens (including phenoxy) is 1. The molecule has 3 aromatic heterocycles. The van der Waals surface area contributed by atoms with Crippen molar-refractivity contribution in [1.29, 1.82) is 0 Å². The lowest BCUT2D eigenvalue weighted by molar-refractivity contribution is 0.0846. The van der Waals surface area contributed by atoms with E-state index in [9.17, 15) is 0 Å². The van der Waals surface area contributed by atoms with Gasteiger partial charge in [0.05, 0.1) is 17.0 Å². The molecule has 1 aliphatic rings. The number of pyridine rings is 1. The molecule has 0 bridgehead atoms. The molecule has 0 unspecified atom stereocenters. The fourth-order valence-corrected chi connectivity index (χ4v) is 3.18. The molecule has 8 nitrogen and oxygen atoms in total. The second-order valence-electron chi connectivity index (χ2n) is 6.23. The Hall–Kier alpha value is -2.84. The number of nitrogens with one attached hydrogen (secondary N) is 1. The average Bonchev–Trinajstić information content (AvgIpc) is 3.08. The Labute approximate surface area is 151 Å². The van der Waals surface area contributed by atoms with Gasteiger partial charge in [-0.2, -0.15) is 5.10 Å². The van der Waals surface area contributed by atoms with Gasteiger partial charge in [0.15, 0.2) is 5.82 Å². The molecule has 1 saturated heterocycles. The summed E-state index contributed by atoms with van der Waals surface area (Å²) in [6, 6.07) is 7.65. The van der Waals surface area contributed by atoms with Gasteiger partial charge >= 0.3 is 0 Å². The zero-order valence-corrected chi connectivity index (χ0v) is 14.8. The number of hydrogen-bond donors (Lipinski definition) is 3. The largest absolute Gasteiger partial charge is 0.383 e. The molecule has 26 heavy (non-hydrogen) atoms. The molecule has 136 valence electrons. The number of H-pyrrole nitrogens is 1. The molecule has 6 N–H and O–H groups in total. The first-order valence-electron chi connectivity index (χ1n) is 8.41. The van der Waals surface area contributed by atoms with Gasteiger partial charge in [0.2, 0.25) is 0 Å². The molecule has 4 rings (SSSR count). The van der Waals surface area contributed by atoms with Crippen LogP contribution in [0.3, 0.4) is 0 Å². The van der Waals surface area contributed by atoms with Gasteiger partial charge in [-0.1, -0.05) is 6.07 Å². The normalized spacial score (nSPS) is 14.8. The maximum Gasteiger partial charge on any atom is 0.180 e. The molecule has 0 aliphatic carbocycles. The molecule has 0 spiro atoms. The fourth-order valence-electron chi connectivity index (χ4n) is 3.18. The number of anilines is 1. The van der Waals surface area contributed by atoms with Crippen molar-refractivity contribution in [1.82, 2.24) is 31.3 Å². The highest BCUT2D eigenvalue weighted by Crippen LogP contribution is 2.36. The Morgan fingerprint density at radius 1 is 1.15 bits per heavy atom. The standard InChI is InChI=1S/C18H20N6O.H3N/c1-11-10-14(24-23-11)15-16(12-5-8-25-9-6-12)21-18(22-17(15)19)13-4-2-3-7-20-13;/h2-4,7,10,12H,5-6,8-9H2,1H3,(H,23,24)(H2,19,21,22);1H3. The monoisotopic (exact) mass is 353 g/mol. The van der Waals surface area contributed by atoms with Gasteiger partial charge in [-0.25, -0.2) is 9.97 Å². The van der Waals surface area contributed by atoms with Crippen LogP contribution in [0.4, 0.5) is 5.82 Å². The summed E-state index contributed by atoms with van der Waals surface area (Å²) in [6.45, 7) is 3.42. The van der Waals surface area contributed by atoms with Crippen molar-refractivity contribution in [3.63, 3.8) is 0 Å². The second kappa shape index (κ2) is 7.59. The molecular weight excluding hydrogens is 330 g/mol. The lowest BCUT2D eigenvalue weighted by atomic mass is 9.91. The van der Waals surface area contributed by atoms with Gasteiger partial charge in [0, 0.05) is 31.0 Å².